The highest BCUT2D eigenvalue weighted by molar-refractivity contribution is 5.82. The van der Waals surface area contributed by atoms with Crippen molar-refractivity contribution in [2.24, 2.45) is 5.11 Å². The molecule has 1 aliphatic rings. The predicted octanol–water partition coefficient (Wildman–Crippen LogP) is 1.30. The predicted molar refractivity (Wildman–Crippen MR) is 199 cm³/mol. The van der Waals surface area contributed by atoms with Crippen LogP contribution in [0, 0.1) is 12.3 Å². The summed E-state index contributed by atoms with van der Waals surface area (Å²) in [5, 5.41) is 17.9. The minimum absolute atomic E-state index is 0.00695. The number of amides is 2. The van der Waals surface area contributed by atoms with E-state index in [9.17, 15) is 19.2 Å². The molecule has 1 aliphatic heterocycles. The standard InChI is InChI=1S/C37H45N11O6/c1-2-31-9-6-10-32(42-31)23-45-11-15-47(25-35(50)39-22-37(52)53)17-13-46(14-18-48(16-12-45)26-36(51)40-27-54-28-49)24-34-20-30(29-7-4-3-5-8-29)19-33(43-34)21-41-44-38/h1,3-10,19-20,28H,11-18,21-27H2,(H,39,50)(H,40,51)(H,52,53). The van der Waals surface area contributed by atoms with Crippen LogP contribution in [0.4, 0.5) is 0 Å². The van der Waals surface area contributed by atoms with E-state index in [0.717, 1.165) is 22.5 Å². The van der Waals surface area contributed by atoms with Crippen LogP contribution in [0.25, 0.3) is 21.6 Å². The summed E-state index contributed by atoms with van der Waals surface area (Å²) in [6, 6.07) is 19.2. The van der Waals surface area contributed by atoms with Gasteiger partial charge in [0.25, 0.3) is 6.47 Å². The Morgan fingerprint density at radius 2 is 1.41 bits per heavy atom. The van der Waals surface area contributed by atoms with Crippen LogP contribution in [-0.4, -0.2) is 138 Å². The molecule has 2 amide bonds. The molecule has 3 heterocycles. The monoisotopic (exact) mass is 739 g/mol. The van der Waals surface area contributed by atoms with Crippen molar-refractivity contribution in [1.29, 1.82) is 0 Å². The number of benzene rings is 1. The number of pyridine rings is 2. The third-order valence-corrected chi connectivity index (χ3v) is 8.58. The molecule has 3 N–H and O–H groups in total. The molecule has 3 aromatic rings. The molecule has 1 fully saturated rings. The number of aromatic nitrogens is 2. The number of carbonyl (C=O) groups excluding carboxylic acids is 3. The summed E-state index contributed by atoms with van der Waals surface area (Å²) in [5.74, 6) is 0.734. The lowest BCUT2D eigenvalue weighted by atomic mass is 10.0. The number of hydrogen-bond donors (Lipinski definition) is 3. The Morgan fingerprint density at radius 3 is 2.00 bits per heavy atom. The molecule has 54 heavy (non-hydrogen) atoms. The van der Waals surface area contributed by atoms with Gasteiger partial charge in [0.2, 0.25) is 11.8 Å². The van der Waals surface area contributed by atoms with Gasteiger partial charge in [0.05, 0.1) is 31.0 Å². The molecule has 1 saturated heterocycles. The second-order valence-corrected chi connectivity index (χ2v) is 12.5. The molecule has 0 saturated carbocycles. The number of nitrogens with one attached hydrogen (secondary N) is 2. The van der Waals surface area contributed by atoms with Crippen LogP contribution >= 0.6 is 0 Å². The lowest BCUT2D eigenvalue weighted by molar-refractivity contribution is -0.138. The van der Waals surface area contributed by atoms with Crippen molar-refractivity contribution in [3.8, 4) is 23.5 Å². The van der Waals surface area contributed by atoms with Crippen LogP contribution in [0.1, 0.15) is 22.8 Å². The van der Waals surface area contributed by atoms with Gasteiger partial charge in [-0.3, -0.25) is 43.8 Å². The minimum atomic E-state index is -1.13. The van der Waals surface area contributed by atoms with E-state index in [1.54, 1.807) is 6.07 Å². The lowest BCUT2D eigenvalue weighted by Gasteiger charge is -2.34. The lowest BCUT2D eigenvalue weighted by Crippen LogP contribution is -2.49. The molecule has 0 atom stereocenters. The van der Waals surface area contributed by atoms with E-state index in [2.05, 4.69) is 46.1 Å². The van der Waals surface area contributed by atoms with Crippen LogP contribution in [0.3, 0.4) is 0 Å². The third kappa shape index (κ3) is 14.6. The number of hydrogen-bond acceptors (Lipinski definition) is 12. The molecular weight excluding hydrogens is 694 g/mol. The number of rotatable bonds is 16. The number of ether oxygens (including phenoxy) is 1. The number of azide groups is 1. The van der Waals surface area contributed by atoms with Gasteiger partial charge in [-0.25, -0.2) is 4.98 Å². The summed E-state index contributed by atoms with van der Waals surface area (Å²) in [6.45, 7) is 4.62. The summed E-state index contributed by atoms with van der Waals surface area (Å²) in [5.41, 5.74) is 13.6. The average Bonchev–Trinajstić information content (AvgIpc) is 3.17. The second kappa shape index (κ2) is 22.2. The normalized spacial score (nSPS) is 15.0. The maximum atomic E-state index is 12.9. The largest absolute Gasteiger partial charge is 0.480 e. The molecule has 284 valence electrons. The fourth-order valence-corrected chi connectivity index (χ4v) is 5.88. The van der Waals surface area contributed by atoms with Crippen LogP contribution in [0.5, 0.6) is 0 Å². The topological polar surface area (TPSA) is 209 Å². The van der Waals surface area contributed by atoms with Crippen molar-refractivity contribution in [1.82, 2.24) is 40.2 Å². The van der Waals surface area contributed by atoms with Gasteiger partial charge in [0, 0.05) is 76.1 Å². The molecule has 0 aliphatic carbocycles. The summed E-state index contributed by atoms with van der Waals surface area (Å²) in [7, 11) is 0. The third-order valence-electron chi connectivity index (χ3n) is 8.58. The first-order valence-corrected chi connectivity index (χ1v) is 17.4. The first kappa shape index (κ1) is 40.9. The number of terminal acetylenes is 1. The Kier molecular flexibility index (Phi) is 16.8. The van der Waals surface area contributed by atoms with Gasteiger partial charge in [0.15, 0.2) is 6.73 Å². The number of carboxylic acid groups (broad SMARTS) is 1. The molecule has 0 radical (unpaired) electrons. The first-order chi connectivity index (χ1) is 26.2. The van der Waals surface area contributed by atoms with E-state index in [-0.39, 0.29) is 38.7 Å². The average molecular weight is 740 g/mol. The zero-order valence-corrected chi connectivity index (χ0v) is 30.0. The smallest absolute Gasteiger partial charge is 0.322 e. The summed E-state index contributed by atoms with van der Waals surface area (Å²) < 4.78 is 4.67. The zero-order valence-electron chi connectivity index (χ0n) is 30.0. The van der Waals surface area contributed by atoms with E-state index in [1.807, 2.05) is 64.4 Å². The first-order valence-electron chi connectivity index (χ1n) is 17.4. The van der Waals surface area contributed by atoms with Crippen molar-refractivity contribution in [2.75, 3.05) is 78.7 Å². The molecule has 17 heteroatoms. The Hall–Kier alpha value is -5.89. The fourth-order valence-electron chi connectivity index (χ4n) is 5.88. The molecular formula is C37H45N11O6. The number of carboxylic acids is 1. The van der Waals surface area contributed by atoms with Crippen molar-refractivity contribution in [3.05, 3.63) is 93.9 Å². The highest BCUT2D eigenvalue weighted by Gasteiger charge is 2.21. The van der Waals surface area contributed by atoms with Gasteiger partial charge in [-0.2, -0.15) is 0 Å². The van der Waals surface area contributed by atoms with Gasteiger partial charge in [-0.1, -0.05) is 47.4 Å². The molecule has 0 spiro atoms. The summed E-state index contributed by atoms with van der Waals surface area (Å²) in [4.78, 5) is 68.2. The van der Waals surface area contributed by atoms with Crippen LogP contribution < -0.4 is 10.6 Å². The second-order valence-electron chi connectivity index (χ2n) is 12.5. The molecule has 17 nitrogen and oxygen atoms in total. The maximum absolute atomic E-state index is 12.9. The van der Waals surface area contributed by atoms with E-state index in [1.165, 1.54) is 0 Å². The molecule has 4 rings (SSSR count). The Morgan fingerprint density at radius 1 is 0.815 bits per heavy atom. The fraction of sp³-hybridized carbons (Fsp3) is 0.405. The van der Waals surface area contributed by atoms with Gasteiger partial charge in [0.1, 0.15) is 12.2 Å². The van der Waals surface area contributed by atoms with Crippen LogP contribution in [-0.2, 0) is 43.5 Å². The van der Waals surface area contributed by atoms with Gasteiger partial charge in [-0.15, -0.1) is 6.42 Å². The van der Waals surface area contributed by atoms with E-state index >= 15 is 0 Å². The summed E-state index contributed by atoms with van der Waals surface area (Å²) >= 11 is 0. The van der Waals surface area contributed by atoms with Crippen LogP contribution in [0.15, 0.2) is 65.8 Å². The Labute approximate surface area is 313 Å². The van der Waals surface area contributed by atoms with E-state index in [0.29, 0.717) is 76.8 Å². The van der Waals surface area contributed by atoms with Crippen molar-refractivity contribution >= 4 is 24.3 Å². The maximum Gasteiger partial charge on any atom is 0.322 e. The number of carbonyl (C=O) groups is 4. The van der Waals surface area contributed by atoms with Crippen molar-refractivity contribution < 1.29 is 29.0 Å². The van der Waals surface area contributed by atoms with Gasteiger partial charge in [-0.05, 0) is 40.9 Å². The molecule has 2 aromatic heterocycles. The van der Waals surface area contributed by atoms with Gasteiger partial charge < -0.3 is 20.5 Å². The summed E-state index contributed by atoms with van der Waals surface area (Å²) in [6.07, 6.45) is 5.60. The van der Waals surface area contributed by atoms with E-state index in [4.69, 9.17) is 22.0 Å². The van der Waals surface area contributed by atoms with Crippen LogP contribution in [0.2, 0.25) is 0 Å². The SMILES string of the molecule is C#Cc1cccc(CN2CCN(CC(=O)NCOC=O)CCN(Cc3cc(-c4ccccc4)cc(CN=[N+]=[N-])n3)CCN(CC(=O)NCC(=O)O)CC2)n1. The molecule has 1 aromatic carbocycles. The zero-order chi connectivity index (χ0) is 38.5. The number of aliphatic carboxylic acids is 1. The van der Waals surface area contributed by atoms with Gasteiger partial charge >= 0.3 is 5.97 Å². The molecule has 0 unspecified atom stereocenters. The number of nitrogens with zero attached hydrogens (tertiary/aromatic N) is 9. The minimum Gasteiger partial charge on any atom is -0.480 e. The Bertz CT molecular complexity index is 1800. The highest BCUT2D eigenvalue weighted by atomic mass is 16.5. The van der Waals surface area contributed by atoms with E-state index < -0.39 is 18.4 Å². The Balaban J connectivity index is 1.61. The molecule has 0 bridgehead atoms. The quantitative estimate of drug-likeness (QED) is 0.0361. The van der Waals surface area contributed by atoms with Crippen molar-refractivity contribution in [3.63, 3.8) is 0 Å². The van der Waals surface area contributed by atoms with Crippen molar-refractivity contribution in [2.45, 2.75) is 19.6 Å². The highest BCUT2D eigenvalue weighted by Crippen LogP contribution is 2.22.